The molecule has 6 heteroatoms. The number of hydrogen-bond donors (Lipinski definition) is 1. The van der Waals surface area contributed by atoms with Crippen LogP contribution in [-0.4, -0.2) is 28.6 Å². The largest absolute Gasteiger partial charge is 0.494 e. The van der Waals surface area contributed by atoms with E-state index in [1.54, 1.807) is 23.1 Å². The first-order chi connectivity index (χ1) is 13.7. The van der Waals surface area contributed by atoms with Crippen LogP contribution >= 0.6 is 0 Å². The number of amides is 2. The summed E-state index contributed by atoms with van der Waals surface area (Å²) < 4.78 is 21.7. The van der Waals surface area contributed by atoms with Gasteiger partial charge in [0.15, 0.2) is 0 Å². The highest BCUT2D eigenvalue weighted by molar-refractivity contribution is 5.90. The fraction of sp³-hybridized carbons (Fsp3) is 0.227. The van der Waals surface area contributed by atoms with E-state index >= 15 is 0 Å². The van der Waals surface area contributed by atoms with Crippen LogP contribution in [0.15, 0.2) is 66.9 Å². The van der Waals surface area contributed by atoms with Crippen molar-refractivity contribution in [3.8, 4) is 5.75 Å². The second-order valence-corrected chi connectivity index (χ2v) is 6.63. The van der Waals surface area contributed by atoms with Crippen molar-refractivity contribution < 1.29 is 13.9 Å². The molecular weight excluding hydrogens is 357 g/mol. The summed E-state index contributed by atoms with van der Waals surface area (Å²) in [4.78, 5) is 14.8. The number of nitrogens with one attached hydrogen (secondary N) is 1. The van der Waals surface area contributed by atoms with E-state index in [0.29, 0.717) is 19.7 Å². The molecule has 0 saturated heterocycles. The van der Waals surface area contributed by atoms with Gasteiger partial charge in [-0.1, -0.05) is 24.3 Å². The van der Waals surface area contributed by atoms with Crippen LogP contribution in [0.3, 0.4) is 0 Å². The highest BCUT2D eigenvalue weighted by atomic mass is 19.1. The Morgan fingerprint density at radius 3 is 2.64 bits per heavy atom. The second-order valence-electron chi connectivity index (χ2n) is 6.63. The quantitative estimate of drug-likeness (QED) is 0.716. The lowest BCUT2D eigenvalue weighted by Crippen LogP contribution is -2.44. The number of carbonyl (C=O) groups excluding carboxylic acids is 1. The molecule has 0 radical (unpaired) electrons. The lowest BCUT2D eigenvalue weighted by molar-refractivity contribution is 0.181. The number of benzene rings is 2. The number of halogens is 1. The van der Waals surface area contributed by atoms with Crippen LogP contribution < -0.4 is 10.1 Å². The number of aromatic nitrogens is 1. The molecule has 144 valence electrons. The predicted octanol–water partition coefficient (Wildman–Crippen LogP) is 4.66. The zero-order chi connectivity index (χ0) is 19.5. The molecule has 0 fully saturated rings. The first kappa shape index (κ1) is 18.1. The van der Waals surface area contributed by atoms with Gasteiger partial charge in [0.25, 0.3) is 0 Å². The molecule has 4 rings (SSSR count). The zero-order valence-corrected chi connectivity index (χ0v) is 15.6. The maximum Gasteiger partial charge on any atom is 0.322 e. The Morgan fingerprint density at radius 1 is 1.11 bits per heavy atom. The molecule has 0 aliphatic carbocycles. The van der Waals surface area contributed by atoms with Crippen molar-refractivity contribution >= 4 is 11.7 Å². The fourth-order valence-corrected chi connectivity index (χ4v) is 3.62. The molecule has 1 aliphatic rings. The van der Waals surface area contributed by atoms with Crippen LogP contribution in [-0.2, 0) is 6.54 Å². The SMILES string of the molecule is CCOc1ccc([C@H]2c3cccn3CCN2C(=O)Nc2ccccc2F)cc1. The second kappa shape index (κ2) is 7.76. The minimum atomic E-state index is -0.450. The Bertz CT molecular complexity index is 968. The van der Waals surface area contributed by atoms with Crippen molar-refractivity contribution in [3.63, 3.8) is 0 Å². The number of fused-ring (bicyclic) bond motifs is 1. The smallest absolute Gasteiger partial charge is 0.322 e. The van der Waals surface area contributed by atoms with Crippen molar-refractivity contribution in [1.82, 2.24) is 9.47 Å². The number of nitrogens with zero attached hydrogens (tertiary/aromatic N) is 2. The van der Waals surface area contributed by atoms with E-state index in [4.69, 9.17) is 4.74 Å². The third-order valence-electron chi connectivity index (χ3n) is 4.92. The number of anilines is 1. The van der Waals surface area contributed by atoms with Gasteiger partial charge in [-0.25, -0.2) is 9.18 Å². The van der Waals surface area contributed by atoms with E-state index in [0.717, 1.165) is 17.0 Å². The van der Waals surface area contributed by atoms with Crippen LogP contribution in [0.2, 0.25) is 0 Å². The molecule has 1 N–H and O–H groups in total. The van der Waals surface area contributed by atoms with Gasteiger partial charge in [0.1, 0.15) is 11.6 Å². The van der Waals surface area contributed by atoms with Gasteiger partial charge < -0.3 is 19.5 Å². The molecule has 1 aromatic heterocycles. The molecule has 28 heavy (non-hydrogen) atoms. The summed E-state index contributed by atoms with van der Waals surface area (Å²) in [5, 5.41) is 2.71. The number of para-hydroxylation sites is 1. The fourth-order valence-electron chi connectivity index (χ4n) is 3.62. The number of rotatable bonds is 4. The molecule has 0 spiro atoms. The van der Waals surface area contributed by atoms with Crippen LogP contribution in [0.4, 0.5) is 14.9 Å². The van der Waals surface area contributed by atoms with Gasteiger partial charge in [0, 0.05) is 25.0 Å². The van der Waals surface area contributed by atoms with Gasteiger partial charge in [-0.15, -0.1) is 0 Å². The van der Waals surface area contributed by atoms with E-state index in [-0.39, 0.29) is 17.8 Å². The first-order valence-electron chi connectivity index (χ1n) is 9.37. The standard InChI is InChI=1S/C22H22FN3O2/c1-2-28-17-11-9-16(10-12-17)21-20-8-5-13-25(20)14-15-26(21)22(27)24-19-7-4-3-6-18(19)23/h3-13,21H,2,14-15H2,1H3,(H,24,27)/t21-/m0/s1. The summed E-state index contributed by atoms with van der Waals surface area (Å²) in [5.41, 5.74) is 2.18. The third kappa shape index (κ3) is 3.45. The van der Waals surface area contributed by atoms with Gasteiger partial charge in [-0.05, 0) is 48.9 Å². The van der Waals surface area contributed by atoms with E-state index in [9.17, 15) is 9.18 Å². The average Bonchev–Trinajstić information content (AvgIpc) is 3.19. The Labute approximate surface area is 163 Å². The van der Waals surface area contributed by atoms with Crippen LogP contribution in [0.25, 0.3) is 0 Å². The highest BCUT2D eigenvalue weighted by Crippen LogP contribution is 2.33. The van der Waals surface area contributed by atoms with Gasteiger partial charge in [-0.2, -0.15) is 0 Å². The average molecular weight is 379 g/mol. The minimum absolute atomic E-state index is 0.180. The summed E-state index contributed by atoms with van der Waals surface area (Å²) in [6, 6.07) is 17.4. The topological polar surface area (TPSA) is 46.5 Å². The first-order valence-corrected chi connectivity index (χ1v) is 9.37. The normalized spacial score (nSPS) is 15.8. The summed E-state index contributed by atoms with van der Waals surface area (Å²) in [7, 11) is 0. The zero-order valence-electron chi connectivity index (χ0n) is 15.6. The van der Waals surface area contributed by atoms with E-state index < -0.39 is 5.82 Å². The highest BCUT2D eigenvalue weighted by Gasteiger charge is 2.32. The van der Waals surface area contributed by atoms with Gasteiger partial charge >= 0.3 is 6.03 Å². The van der Waals surface area contributed by atoms with Crippen molar-refractivity contribution in [3.05, 3.63) is 83.9 Å². The Balaban J connectivity index is 1.65. The number of hydrogen-bond acceptors (Lipinski definition) is 2. The third-order valence-corrected chi connectivity index (χ3v) is 4.92. The molecule has 2 amide bonds. The summed E-state index contributed by atoms with van der Waals surface area (Å²) in [6.07, 6.45) is 2.02. The van der Waals surface area contributed by atoms with Crippen molar-refractivity contribution in [2.45, 2.75) is 19.5 Å². The van der Waals surface area contributed by atoms with Crippen molar-refractivity contribution in [2.24, 2.45) is 0 Å². The van der Waals surface area contributed by atoms with E-state index in [1.807, 2.05) is 49.5 Å². The van der Waals surface area contributed by atoms with Gasteiger partial charge in [-0.3, -0.25) is 0 Å². The number of urea groups is 1. The Hall–Kier alpha value is -3.28. The molecule has 1 atom stereocenters. The molecule has 0 saturated carbocycles. The maximum absolute atomic E-state index is 14.0. The monoisotopic (exact) mass is 379 g/mol. The van der Waals surface area contributed by atoms with Crippen LogP contribution in [0, 0.1) is 5.82 Å². The number of ether oxygens (including phenoxy) is 1. The maximum atomic E-state index is 14.0. The molecule has 0 bridgehead atoms. The van der Waals surface area contributed by atoms with Crippen LogP contribution in [0.1, 0.15) is 24.2 Å². The van der Waals surface area contributed by atoms with E-state index in [1.165, 1.54) is 6.07 Å². The van der Waals surface area contributed by atoms with Crippen LogP contribution in [0.5, 0.6) is 5.75 Å². The lowest BCUT2D eigenvalue weighted by atomic mass is 10.00. The Kier molecular flexibility index (Phi) is 5.02. The summed E-state index contributed by atoms with van der Waals surface area (Å²) in [5.74, 6) is 0.341. The molecule has 0 unspecified atom stereocenters. The molecule has 1 aliphatic heterocycles. The molecular formula is C22H22FN3O2. The van der Waals surface area contributed by atoms with Crippen molar-refractivity contribution in [2.75, 3.05) is 18.5 Å². The summed E-state index contributed by atoms with van der Waals surface area (Å²) in [6.45, 7) is 3.76. The molecule has 2 aromatic carbocycles. The minimum Gasteiger partial charge on any atom is -0.494 e. The summed E-state index contributed by atoms with van der Waals surface area (Å²) >= 11 is 0. The Morgan fingerprint density at radius 2 is 1.89 bits per heavy atom. The number of carbonyl (C=O) groups is 1. The molecule has 3 aromatic rings. The lowest BCUT2D eigenvalue weighted by Gasteiger charge is -2.37. The van der Waals surface area contributed by atoms with Gasteiger partial charge in [0.05, 0.1) is 18.3 Å². The van der Waals surface area contributed by atoms with Crippen molar-refractivity contribution in [1.29, 1.82) is 0 Å². The molecule has 2 heterocycles. The predicted molar refractivity (Wildman–Crippen MR) is 106 cm³/mol. The molecule has 5 nitrogen and oxygen atoms in total. The van der Waals surface area contributed by atoms with Gasteiger partial charge in [0.2, 0.25) is 0 Å². The van der Waals surface area contributed by atoms with E-state index in [2.05, 4.69) is 9.88 Å².